The highest BCUT2D eigenvalue weighted by molar-refractivity contribution is 9.10. The number of benzene rings is 3. The van der Waals surface area contributed by atoms with Gasteiger partial charge in [0.15, 0.2) is 11.5 Å². The van der Waals surface area contributed by atoms with E-state index >= 15 is 0 Å². The van der Waals surface area contributed by atoms with Gasteiger partial charge in [-0.05, 0) is 75.7 Å². The average molecular weight is 636 g/mol. The number of ether oxygens (including phenoxy) is 3. The van der Waals surface area contributed by atoms with Crippen LogP contribution in [0.15, 0.2) is 64.0 Å². The molecule has 38 heavy (non-hydrogen) atoms. The van der Waals surface area contributed by atoms with Crippen LogP contribution in [0.3, 0.4) is 0 Å². The molecule has 0 bridgehead atoms. The zero-order chi connectivity index (χ0) is 26.8. The summed E-state index contributed by atoms with van der Waals surface area (Å²) >= 11 is 16.4. The van der Waals surface area contributed by atoms with Crippen LogP contribution in [0.2, 0.25) is 10.0 Å². The molecule has 0 saturated carbocycles. The van der Waals surface area contributed by atoms with Crippen LogP contribution in [0.5, 0.6) is 17.2 Å². The van der Waals surface area contributed by atoms with E-state index in [1.54, 1.807) is 60.7 Å². The zero-order valence-electron chi connectivity index (χ0n) is 19.3. The number of nitrogens with zero attached hydrogens (tertiary/aromatic N) is 1. The van der Waals surface area contributed by atoms with Crippen LogP contribution in [0, 0.1) is 0 Å². The number of hydrogen-bond donors (Lipinski definition) is 1. The Bertz CT molecular complexity index is 1500. The number of hydrogen-bond acceptors (Lipinski definition) is 7. The second-order valence-electron chi connectivity index (χ2n) is 8.10. The third-order valence-electron chi connectivity index (χ3n) is 5.48. The average Bonchev–Trinajstić information content (AvgIpc) is 3.44. The number of carbonyl (C=O) groups excluding carboxylic acids is 3. The highest BCUT2D eigenvalue weighted by Crippen LogP contribution is 2.36. The van der Waals surface area contributed by atoms with Gasteiger partial charge < -0.3 is 19.5 Å². The predicted octanol–water partition coefficient (Wildman–Crippen LogP) is 6.74. The van der Waals surface area contributed by atoms with E-state index in [9.17, 15) is 14.4 Å². The molecule has 5 rings (SSSR count). The van der Waals surface area contributed by atoms with Crippen LogP contribution in [-0.4, -0.2) is 35.3 Å². The van der Waals surface area contributed by atoms with Crippen LogP contribution >= 0.6 is 50.9 Å². The molecule has 3 amide bonds. The quantitative estimate of drug-likeness (QED) is 0.287. The first-order valence-corrected chi connectivity index (χ1v) is 13.4. The van der Waals surface area contributed by atoms with Gasteiger partial charge in [0.2, 0.25) is 12.7 Å². The highest BCUT2D eigenvalue weighted by Gasteiger charge is 2.36. The Balaban J connectivity index is 1.21. The van der Waals surface area contributed by atoms with E-state index in [1.807, 2.05) is 0 Å². The summed E-state index contributed by atoms with van der Waals surface area (Å²) in [7, 11) is 0. The van der Waals surface area contributed by atoms with Crippen molar-refractivity contribution in [1.82, 2.24) is 4.90 Å². The molecular formula is C26H17BrCl2N2O6S. The van der Waals surface area contributed by atoms with Gasteiger partial charge in [0.1, 0.15) is 18.9 Å². The lowest BCUT2D eigenvalue weighted by Crippen LogP contribution is -2.36. The summed E-state index contributed by atoms with van der Waals surface area (Å²) < 4.78 is 17.0. The number of rotatable bonds is 7. The second-order valence-corrected chi connectivity index (χ2v) is 10.8. The molecule has 0 spiro atoms. The maximum Gasteiger partial charge on any atom is 0.294 e. The van der Waals surface area contributed by atoms with Gasteiger partial charge in [0, 0.05) is 27.4 Å². The Kier molecular flexibility index (Phi) is 7.85. The van der Waals surface area contributed by atoms with Crippen molar-refractivity contribution in [3.05, 3.63) is 85.1 Å². The highest BCUT2D eigenvalue weighted by atomic mass is 79.9. The lowest BCUT2D eigenvalue weighted by atomic mass is 10.2. The van der Waals surface area contributed by atoms with Crippen LogP contribution in [0.25, 0.3) is 6.08 Å². The number of nitrogens with one attached hydrogen (secondary N) is 1. The predicted molar refractivity (Wildman–Crippen MR) is 149 cm³/mol. The first-order chi connectivity index (χ1) is 18.3. The molecule has 12 heteroatoms. The van der Waals surface area contributed by atoms with Gasteiger partial charge in [0.05, 0.1) is 9.38 Å². The van der Waals surface area contributed by atoms with Crippen molar-refractivity contribution in [3.8, 4) is 17.2 Å². The number of imide groups is 1. The van der Waals surface area contributed by atoms with Crippen molar-refractivity contribution in [2.24, 2.45) is 0 Å². The van der Waals surface area contributed by atoms with Gasteiger partial charge in [-0.2, -0.15) is 0 Å². The Hall–Kier alpha value is -3.18. The fourth-order valence-corrected chi connectivity index (χ4v) is 5.44. The molecule has 0 unspecified atom stereocenters. The van der Waals surface area contributed by atoms with E-state index < -0.39 is 23.6 Å². The van der Waals surface area contributed by atoms with Crippen molar-refractivity contribution in [1.29, 1.82) is 0 Å². The number of amides is 3. The van der Waals surface area contributed by atoms with Crippen molar-refractivity contribution in [3.63, 3.8) is 0 Å². The molecule has 1 saturated heterocycles. The summed E-state index contributed by atoms with van der Waals surface area (Å²) in [4.78, 5) is 39.0. The standard InChI is InChI=1S/C26H17BrCl2N2O6S/c27-18-7-14(1-5-20(18)35-12-15-2-3-16(28)9-19(15)29)8-23-25(33)31(26(34)38-23)11-24(32)30-17-4-6-21-22(10-17)37-13-36-21/h1-10H,11-13H2,(H,30,32)/b23-8+. The Morgan fingerprint density at radius 3 is 2.68 bits per heavy atom. The van der Waals surface area contributed by atoms with Crippen molar-refractivity contribution in [2.75, 3.05) is 18.7 Å². The molecule has 0 aromatic heterocycles. The smallest absolute Gasteiger partial charge is 0.294 e. The molecular weight excluding hydrogens is 619 g/mol. The summed E-state index contributed by atoms with van der Waals surface area (Å²) in [6, 6.07) is 15.4. The fraction of sp³-hybridized carbons (Fsp3) is 0.115. The van der Waals surface area contributed by atoms with Gasteiger partial charge in [-0.3, -0.25) is 19.3 Å². The number of carbonyl (C=O) groups is 3. The molecule has 0 atom stereocenters. The fourth-order valence-electron chi connectivity index (χ4n) is 3.62. The van der Waals surface area contributed by atoms with Gasteiger partial charge in [-0.1, -0.05) is 35.3 Å². The van der Waals surface area contributed by atoms with Crippen LogP contribution in [-0.2, 0) is 16.2 Å². The van der Waals surface area contributed by atoms with E-state index in [0.717, 1.165) is 22.2 Å². The molecule has 3 aromatic carbocycles. The number of thioether (sulfide) groups is 1. The van der Waals surface area contributed by atoms with Crippen molar-refractivity contribution < 1.29 is 28.6 Å². The normalized spacial score (nSPS) is 15.3. The van der Waals surface area contributed by atoms with E-state index in [1.165, 1.54) is 0 Å². The molecule has 2 aliphatic heterocycles. The molecule has 1 fully saturated rings. The summed E-state index contributed by atoms with van der Waals surface area (Å²) in [5, 5.41) is 3.18. The van der Waals surface area contributed by atoms with E-state index in [-0.39, 0.29) is 18.3 Å². The third-order valence-corrected chi connectivity index (χ3v) is 7.60. The molecule has 194 valence electrons. The summed E-state index contributed by atoms with van der Waals surface area (Å²) in [5.74, 6) is 0.595. The van der Waals surface area contributed by atoms with Gasteiger partial charge in [0.25, 0.3) is 11.1 Å². The summed E-state index contributed by atoms with van der Waals surface area (Å²) in [6.07, 6.45) is 1.59. The monoisotopic (exact) mass is 634 g/mol. The van der Waals surface area contributed by atoms with E-state index in [2.05, 4.69) is 21.2 Å². The van der Waals surface area contributed by atoms with Gasteiger partial charge in [-0.25, -0.2) is 0 Å². The first-order valence-electron chi connectivity index (χ1n) is 11.1. The Labute approximate surface area is 239 Å². The SMILES string of the molecule is O=C(CN1C(=O)S/C(=C/c2ccc(OCc3ccc(Cl)cc3Cl)c(Br)c2)C1=O)Nc1ccc2c(c1)OCO2. The van der Waals surface area contributed by atoms with Crippen LogP contribution in [0.4, 0.5) is 10.5 Å². The minimum absolute atomic E-state index is 0.112. The summed E-state index contributed by atoms with van der Waals surface area (Å²) in [6.45, 7) is -0.0677. The van der Waals surface area contributed by atoms with Crippen molar-refractivity contribution in [2.45, 2.75) is 6.61 Å². The molecule has 2 heterocycles. The summed E-state index contributed by atoms with van der Waals surface area (Å²) in [5.41, 5.74) is 1.92. The maximum atomic E-state index is 12.9. The number of anilines is 1. The molecule has 8 nitrogen and oxygen atoms in total. The molecule has 1 N–H and O–H groups in total. The molecule has 3 aromatic rings. The Morgan fingerprint density at radius 2 is 1.89 bits per heavy atom. The van der Waals surface area contributed by atoms with Gasteiger partial charge in [-0.15, -0.1) is 0 Å². The van der Waals surface area contributed by atoms with E-state index in [0.29, 0.717) is 43.0 Å². The molecule has 0 radical (unpaired) electrons. The lowest BCUT2D eigenvalue weighted by molar-refractivity contribution is -0.127. The van der Waals surface area contributed by atoms with Crippen molar-refractivity contribution >= 4 is 79.7 Å². The minimum atomic E-state index is -0.547. The van der Waals surface area contributed by atoms with Gasteiger partial charge >= 0.3 is 0 Å². The van der Waals surface area contributed by atoms with Crippen LogP contribution in [0.1, 0.15) is 11.1 Å². The topological polar surface area (TPSA) is 94.2 Å². The van der Waals surface area contributed by atoms with Crippen LogP contribution < -0.4 is 19.5 Å². The number of fused-ring (bicyclic) bond motifs is 1. The maximum absolute atomic E-state index is 12.9. The molecule has 2 aliphatic rings. The zero-order valence-corrected chi connectivity index (χ0v) is 23.2. The second kappa shape index (κ2) is 11.3. The Morgan fingerprint density at radius 1 is 1.08 bits per heavy atom. The minimum Gasteiger partial charge on any atom is -0.488 e. The third kappa shape index (κ3) is 5.94. The molecule has 0 aliphatic carbocycles. The first kappa shape index (κ1) is 26.4. The van der Waals surface area contributed by atoms with E-state index in [4.69, 9.17) is 37.4 Å². The largest absolute Gasteiger partial charge is 0.488 e. The lowest BCUT2D eigenvalue weighted by Gasteiger charge is -2.12. The number of halogens is 3.